The quantitative estimate of drug-likeness (QED) is 0.319. The van der Waals surface area contributed by atoms with Crippen LogP contribution in [0.3, 0.4) is 0 Å². The summed E-state index contributed by atoms with van der Waals surface area (Å²) < 4.78 is 0. The van der Waals surface area contributed by atoms with Gasteiger partial charge in [0.05, 0.1) is 0 Å². The summed E-state index contributed by atoms with van der Waals surface area (Å²) >= 11 is 0. The lowest BCUT2D eigenvalue weighted by Gasteiger charge is -2.04. The van der Waals surface area contributed by atoms with Crippen LogP contribution in [0, 0.1) is 0 Å². The Morgan fingerprint density at radius 3 is 3.00 bits per heavy atom. The van der Waals surface area contributed by atoms with Crippen molar-refractivity contribution in [2.75, 3.05) is 11.9 Å². The monoisotopic (exact) mass is 265 g/mol. The molecule has 0 atom stereocenters. The lowest BCUT2D eigenvalue weighted by molar-refractivity contribution is -0.129. The Bertz CT molecular complexity index is 474. The molecule has 1 aromatic heterocycles. The Morgan fingerprint density at radius 2 is 2.37 bits per heavy atom. The third-order valence-corrected chi connectivity index (χ3v) is 2.15. The summed E-state index contributed by atoms with van der Waals surface area (Å²) in [6, 6.07) is 4.58. The number of hydrogen-bond donors (Lipinski definition) is 2. The highest BCUT2D eigenvalue weighted by Crippen LogP contribution is 2.06. The molecule has 0 fully saturated rings. The van der Waals surface area contributed by atoms with Crippen molar-refractivity contribution in [3.05, 3.63) is 23.9 Å². The first-order chi connectivity index (χ1) is 9.19. The fourth-order valence-corrected chi connectivity index (χ4v) is 1.22. The van der Waals surface area contributed by atoms with Gasteiger partial charge in [0.2, 0.25) is 12.1 Å². The highest BCUT2D eigenvalue weighted by Gasteiger charge is 2.15. The third kappa shape index (κ3) is 4.74. The van der Waals surface area contributed by atoms with Crippen molar-refractivity contribution in [2.24, 2.45) is 5.16 Å². The number of amides is 1. The van der Waals surface area contributed by atoms with E-state index in [0.29, 0.717) is 13.0 Å². The van der Waals surface area contributed by atoms with Gasteiger partial charge in [0.1, 0.15) is 18.1 Å². The molecular formula is C12H15N3O4. The van der Waals surface area contributed by atoms with Crippen molar-refractivity contribution in [2.45, 2.75) is 19.8 Å². The number of unbranched alkanes of at least 4 members (excludes halogenated alkanes) is 1. The number of hydrogen-bond acceptors (Lipinski definition) is 5. The minimum Gasteiger partial charge on any atom is -0.476 e. The van der Waals surface area contributed by atoms with Crippen molar-refractivity contribution < 1.29 is 19.5 Å². The highest BCUT2D eigenvalue weighted by atomic mass is 16.6. The Hall–Kier alpha value is -2.44. The molecule has 7 nitrogen and oxygen atoms in total. The molecule has 0 radical (unpaired) electrons. The topological polar surface area (TPSA) is 101 Å². The Morgan fingerprint density at radius 1 is 1.58 bits per heavy atom. The van der Waals surface area contributed by atoms with Gasteiger partial charge in [-0.1, -0.05) is 24.6 Å². The van der Waals surface area contributed by atoms with E-state index in [1.54, 1.807) is 6.07 Å². The van der Waals surface area contributed by atoms with E-state index in [2.05, 4.69) is 15.5 Å². The van der Waals surface area contributed by atoms with Crippen molar-refractivity contribution in [3.8, 4) is 0 Å². The van der Waals surface area contributed by atoms with Gasteiger partial charge >= 0.3 is 5.97 Å². The van der Waals surface area contributed by atoms with Gasteiger partial charge in [0.15, 0.2) is 0 Å². The van der Waals surface area contributed by atoms with Gasteiger partial charge in [-0.15, -0.1) is 0 Å². The van der Waals surface area contributed by atoms with Crippen molar-refractivity contribution in [3.63, 3.8) is 0 Å². The number of carbonyl (C=O) groups is 2. The minimum absolute atomic E-state index is 0.121. The molecule has 0 spiro atoms. The lowest BCUT2D eigenvalue weighted by Crippen LogP contribution is -2.17. The molecule has 19 heavy (non-hydrogen) atoms. The van der Waals surface area contributed by atoms with Crippen LogP contribution in [0.15, 0.2) is 23.4 Å². The second-order valence-corrected chi connectivity index (χ2v) is 3.60. The van der Waals surface area contributed by atoms with Crippen LogP contribution in [-0.2, 0) is 14.4 Å². The standard InChI is InChI=1S/C12H15N3O4/c1-2-3-7-19-15-11(12(17)18)9-5-4-6-10(14-9)13-8-16/h4-6,8H,2-3,7H2,1H3,(H,17,18)(H,13,14,16). The first-order valence-corrected chi connectivity index (χ1v) is 5.80. The van der Waals surface area contributed by atoms with Crippen LogP contribution in [0.5, 0.6) is 0 Å². The van der Waals surface area contributed by atoms with Crippen LogP contribution in [0.2, 0.25) is 0 Å². The lowest BCUT2D eigenvalue weighted by atomic mass is 10.2. The molecule has 0 aliphatic carbocycles. The molecule has 0 aliphatic heterocycles. The van der Waals surface area contributed by atoms with Crippen LogP contribution >= 0.6 is 0 Å². The maximum Gasteiger partial charge on any atom is 0.360 e. The van der Waals surface area contributed by atoms with E-state index in [1.807, 2.05) is 6.92 Å². The largest absolute Gasteiger partial charge is 0.476 e. The Labute approximate surface area is 110 Å². The summed E-state index contributed by atoms with van der Waals surface area (Å²) in [5.74, 6) is -0.998. The number of pyridine rings is 1. The first-order valence-electron chi connectivity index (χ1n) is 5.80. The number of nitrogens with zero attached hydrogens (tertiary/aromatic N) is 2. The smallest absolute Gasteiger partial charge is 0.360 e. The number of rotatable bonds is 8. The zero-order chi connectivity index (χ0) is 14.1. The van der Waals surface area contributed by atoms with E-state index in [0.717, 1.165) is 12.8 Å². The van der Waals surface area contributed by atoms with Gasteiger partial charge < -0.3 is 15.3 Å². The van der Waals surface area contributed by atoms with E-state index in [4.69, 9.17) is 9.94 Å². The van der Waals surface area contributed by atoms with Gasteiger partial charge in [0.25, 0.3) is 0 Å². The Kier molecular flexibility index (Phi) is 6.00. The molecule has 0 saturated carbocycles. The average Bonchev–Trinajstić information content (AvgIpc) is 2.39. The van der Waals surface area contributed by atoms with Crippen LogP contribution in [0.4, 0.5) is 5.82 Å². The van der Waals surface area contributed by atoms with Gasteiger partial charge in [-0.2, -0.15) is 0 Å². The molecule has 1 heterocycles. The second kappa shape index (κ2) is 7.80. The van der Waals surface area contributed by atoms with Crippen LogP contribution in [0.1, 0.15) is 25.5 Å². The third-order valence-electron chi connectivity index (χ3n) is 2.15. The van der Waals surface area contributed by atoms with Crippen molar-refractivity contribution in [1.29, 1.82) is 0 Å². The number of oxime groups is 1. The summed E-state index contributed by atoms with van der Waals surface area (Å²) in [5.41, 5.74) is -0.179. The summed E-state index contributed by atoms with van der Waals surface area (Å²) in [5, 5.41) is 15.0. The molecule has 0 unspecified atom stereocenters. The summed E-state index contributed by atoms with van der Waals surface area (Å²) in [6.07, 6.45) is 2.17. The number of carbonyl (C=O) groups excluding carboxylic acids is 1. The van der Waals surface area contributed by atoms with E-state index in [1.165, 1.54) is 12.1 Å². The van der Waals surface area contributed by atoms with Crippen molar-refractivity contribution in [1.82, 2.24) is 4.98 Å². The molecule has 1 amide bonds. The summed E-state index contributed by atoms with van der Waals surface area (Å²) in [6.45, 7) is 2.33. The minimum atomic E-state index is -1.24. The van der Waals surface area contributed by atoms with E-state index < -0.39 is 5.97 Å². The number of nitrogens with one attached hydrogen (secondary N) is 1. The maximum atomic E-state index is 11.1. The molecule has 1 aromatic rings. The molecular weight excluding hydrogens is 250 g/mol. The number of aliphatic carboxylic acids is 1. The fourth-order valence-electron chi connectivity index (χ4n) is 1.22. The molecule has 102 valence electrons. The molecule has 2 N–H and O–H groups in total. The maximum absolute atomic E-state index is 11.1. The first kappa shape index (κ1) is 14.6. The van der Waals surface area contributed by atoms with Crippen LogP contribution < -0.4 is 5.32 Å². The molecule has 0 aromatic carbocycles. The Balaban J connectivity index is 2.89. The molecule has 1 rings (SSSR count). The number of aromatic nitrogens is 1. The van der Waals surface area contributed by atoms with E-state index >= 15 is 0 Å². The van der Waals surface area contributed by atoms with Gasteiger partial charge in [-0.05, 0) is 18.6 Å². The molecule has 0 saturated heterocycles. The predicted octanol–water partition coefficient (Wildman–Crippen LogP) is 1.26. The SMILES string of the molecule is CCCCON=C(C(=O)O)c1cccc(NC=O)n1. The summed E-state index contributed by atoms with van der Waals surface area (Å²) in [7, 11) is 0. The predicted molar refractivity (Wildman–Crippen MR) is 69.0 cm³/mol. The highest BCUT2D eigenvalue weighted by molar-refractivity contribution is 6.41. The zero-order valence-electron chi connectivity index (χ0n) is 10.5. The van der Waals surface area contributed by atoms with Gasteiger partial charge in [0, 0.05) is 0 Å². The summed E-state index contributed by atoms with van der Waals surface area (Å²) in [4.78, 5) is 30.3. The van der Waals surface area contributed by atoms with E-state index in [-0.39, 0.29) is 17.2 Å². The van der Waals surface area contributed by atoms with Crippen LogP contribution in [0.25, 0.3) is 0 Å². The fraction of sp³-hybridized carbons (Fsp3) is 0.333. The van der Waals surface area contributed by atoms with Crippen LogP contribution in [-0.4, -0.2) is 34.8 Å². The van der Waals surface area contributed by atoms with E-state index in [9.17, 15) is 9.59 Å². The average molecular weight is 265 g/mol. The molecule has 7 heteroatoms. The molecule has 0 aliphatic rings. The normalized spacial score (nSPS) is 10.9. The number of carboxylic acids is 1. The number of carboxylic acid groups (broad SMARTS) is 1. The van der Waals surface area contributed by atoms with Crippen molar-refractivity contribution >= 4 is 23.9 Å². The molecule has 0 bridgehead atoms. The second-order valence-electron chi connectivity index (χ2n) is 3.60. The zero-order valence-corrected chi connectivity index (χ0v) is 10.5. The van der Waals surface area contributed by atoms with Gasteiger partial charge in [-0.25, -0.2) is 9.78 Å². The van der Waals surface area contributed by atoms with Gasteiger partial charge in [-0.3, -0.25) is 4.79 Å². The number of anilines is 1.